The molecular formula is C19H15F2NO4. The van der Waals surface area contributed by atoms with E-state index in [1.165, 1.54) is 32.0 Å². The summed E-state index contributed by atoms with van der Waals surface area (Å²) in [6, 6.07) is 7.08. The number of benzene rings is 2. The van der Waals surface area contributed by atoms with Crippen molar-refractivity contribution >= 4 is 22.8 Å². The van der Waals surface area contributed by atoms with Gasteiger partial charge in [0, 0.05) is 22.7 Å². The summed E-state index contributed by atoms with van der Waals surface area (Å²) in [5, 5.41) is 19.3. The second-order valence-corrected chi connectivity index (χ2v) is 6.03. The van der Waals surface area contributed by atoms with Gasteiger partial charge in [-0.2, -0.15) is 0 Å². The lowest BCUT2D eigenvalue weighted by molar-refractivity contribution is -0.138. The quantitative estimate of drug-likeness (QED) is 0.745. The molecule has 0 radical (unpaired) electrons. The first-order valence-electron chi connectivity index (χ1n) is 7.79. The molecule has 0 fully saturated rings. The van der Waals surface area contributed by atoms with Gasteiger partial charge in [-0.15, -0.1) is 0 Å². The summed E-state index contributed by atoms with van der Waals surface area (Å²) >= 11 is 0. The van der Waals surface area contributed by atoms with Crippen molar-refractivity contribution in [1.82, 2.24) is 4.57 Å². The molecule has 26 heavy (non-hydrogen) atoms. The topological polar surface area (TPSA) is 79.5 Å². The number of nitrogens with zero attached hydrogens (tertiary/aromatic N) is 1. The first-order chi connectivity index (χ1) is 12.2. The summed E-state index contributed by atoms with van der Waals surface area (Å²) in [6.45, 7) is 2.96. The number of rotatable bonds is 3. The van der Waals surface area contributed by atoms with Gasteiger partial charge in [-0.05, 0) is 43.7 Å². The van der Waals surface area contributed by atoms with Gasteiger partial charge in [-0.25, -0.2) is 8.78 Å². The monoisotopic (exact) mass is 359 g/mol. The lowest BCUT2D eigenvalue weighted by Gasteiger charge is -2.09. The van der Waals surface area contributed by atoms with Crippen LogP contribution in [-0.4, -0.2) is 26.7 Å². The Hall–Kier alpha value is -3.22. The average molecular weight is 359 g/mol. The van der Waals surface area contributed by atoms with Crippen LogP contribution in [0.1, 0.15) is 34.5 Å². The number of hydrogen-bond acceptors (Lipinski definition) is 3. The Morgan fingerprint density at radius 1 is 1.15 bits per heavy atom. The zero-order valence-corrected chi connectivity index (χ0v) is 14.0. The van der Waals surface area contributed by atoms with Crippen molar-refractivity contribution in [3.05, 3.63) is 64.9 Å². The molecule has 2 aromatic carbocycles. The Bertz CT molecular complexity index is 1060. The minimum atomic E-state index is -1.13. The van der Waals surface area contributed by atoms with E-state index in [9.17, 15) is 28.6 Å². The van der Waals surface area contributed by atoms with E-state index in [1.54, 1.807) is 0 Å². The minimum absolute atomic E-state index is 0.0352. The van der Waals surface area contributed by atoms with Crippen LogP contribution in [0.4, 0.5) is 8.78 Å². The van der Waals surface area contributed by atoms with Crippen molar-refractivity contribution in [2.75, 3.05) is 0 Å². The second-order valence-electron chi connectivity index (χ2n) is 6.03. The van der Waals surface area contributed by atoms with Gasteiger partial charge in [0.15, 0.2) is 11.6 Å². The number of halogens is 2. The maximum Gasteiger partial charge on any atom is 0.310 e. The number of carbonyl (C=O) groups is 2. The van der Waals surface area contributed by atoms with E-state index in [0.717, 1.165) is 22.8 Å². The van der Waals surface area contributed by atoms with Gasteiger partial charge in [0.05, 0.1) is 11.4 Å². The van der Waals surface area contributed by atoms with E-state index in [-0.39, 0.29) is 27.7 Å². The Labute approximate surface area is 147 Å². The highest BCUT2D eigenvalue weighted by molar-refractivity contribution is 6.05. The summed E-state index contributed by atoms with van der Waals surface area (Å²) < 4.78 is 28.5. The van der Waals surface area contributed by atoms with Gasteiger partial charge in [0.1, 0.15) is 5.82 Å². The molecule has 2 N–H and O–H groups in total. The molecule has 3 aromatic rings. The fraction of sp³-hybridized carbons (Fsp3) is 0.158. The molecule has 1 aromatic heterocycles. The lowest BCUT2D eigenvalue weighted by atomic mass is 9.98. The van der Waals surface area contributed by atoms with Crippen molar-refractivity contribution in [2.45, 2.75) is 19.8 Å². The molecule has 0 spiro atoms. The maximum atomic E-state index is 13.9. The van der Waals surface area contributed by atoms with Gasteiger partial charge in [-0.1, -0.05) is 6.07 Å². The predicted octanol–water partition coefficient (Wildman–Crippen LogP) is 3.81. The number of carboxylic acid groups (broad SMARTS) is 1. The summed E-state index contributed by atoms with van der Waals surface area (Å²) in [7, 11) is 0. The number of phenolic OH excluding ortho intramolecular Hbond substituents is 1. The molecule has 1 heterocycles. The Morgan fingerprint density at radius 2 is 1.85 bits per heavy atom. The summed E-state index contributed by atoms with van der Waals surface area (Å²) in [5.74, 6) is -4.95. The highest BCUT2D eigenvalue weighted by Gasteiger charge is 2.27. The van der Waals surface area contributed by atoms with Gasteiger partial charge in [0.2, 0.25) is 0 Å². The Morgan fingerprint density at radius 3 is 2.46 bits per heavy atom. The van der Waals surface area contributed by atoms with Crippen molar-refractivity contribution in [3.8, 4) is 5.75 Å². The molecule has 0 aliphatic heterocycles. The minimum Gasteiger partial charge on any atom is -0.505 e. The second kappa shape index (κ2) is 6.25. The zero-order chi connectivity index (χ0) is 19.2. The molecule has 0 aliphatic rings. The highest BCUT2D eigenvalue weighted by atomic mass is 19.1. The SMILES string of the molecule is Cc1c([C@H](C)C(=O)O)c2cc(O)c(F)cc2n1C(=O)c1cccc(F)c1. The molecule has 0 saturated heterocycles. The van der Waals surface area contributed by atoms with Crippen LogP contribution in [0.15, 0.2) is 36.4 Å². The van der Waals surface area contributed by atoms with Gasteiger partial charge >= 0.3 is 5.97 Å². The van der Waals surface area contributed by atoms with Crippen LogP contribution in [0.5, 0.6) is 5.75 Å². The van der Waals surface area contributed by atoms with Crippen LogP contribution in [0, 0.1) is 18.6 Å². The number of carbonyl (C=O) groups excluding carboxylic acids is 1. The summed E-state index contributed by atoms with van der Waals surface area (Å²) in [5.41, 5.74) is 0.713. The van der Waals surface area contributed by atoms with Crippen molar-refractivity contribution < 1.29 is 28.6 Å². The standard InChI is InChI=1S/C19H15F2NO4/c1-9(19(25)26)17-10(2)22(15-8-14(21)16(23)7-13(15)17)18(24)11-4-3-5-12(20)6-11/h3-9,23H,1-2H3,(H,25,26)/t9-/m0/s1. The van der Waals surface area contributed by atoms with Crippen molar-refractivity contribution in [2.24, 2.45) is 0 Å². The van der Waals surface area contributed by atoms with E-state index < -0.39 is 35.2 Å². The third-order valence-electron chi connectivity index (χ3n) is 4.40. The summed E-state index contributed by atoms with van der Waals surface area (Å²) in [6.07, 6.45) is 0. The number of carboxylic acids is 1. The van der Waals surface area contributed by atoms with Crippen molar-refractivity contribution in [1.29, 1.82) is 0 Å². The number of aromatic hydroxyl groups is 1. The number of fused-ring (bicyclic) bond motifs is 1. The molecule has 0 amide bonds. The molecule has 5 nitrogen and oxygen atoms in total. The van der Waals surface area contributed by atoms with Crippen LogP contribution < -0.4 is 0 Å². The van der Waals surface area contributed by atoms with E-state index in [0.29, 0.717) is 0 Å². The van der Waals surface area contributed by atoms with Crippen LogP contribution in [-0.2, 0) is 4.79 Å². The summed E-state index contributed by atoms with van der Waals surface area (Å²) in [4.78, 5) is 24.4. The molecule has 0 unspecified atom stereocenters. The average Bonchev–Trinajstić information content (AvgIpc) is 2.85. The fourth-order valence-electron chi connectivity index (χ4n) is 3.13. The van der Waals surface area contributed by atoms with Crippen LogP contribution >= 0.6 is 0 Å². The molecule has 134 valence electrons. The molecule has 3 rings (SSSR count). The number of aromatic nitrogens is 1. The Kier molecular flexibility index (Phi) is 4.23. The third-order valence-corrected chi connectivity index (χ3v) is 4.40. The van der Waals surface area contributed by atoms with E-state index in [4.69, 9.17) is 0 Å². The van der Waals surface area contributed by atoms with E-state index in [1.807, 2.05) is 0 Å². The van der Waals surface area contributed by atoms with E-state index in [2.05, 4.69) is 0 Å². The smallest absolute Gasteiger partial charge is 0.310 e. The van der Waals surface area contributed by atoms with Gasteiger partial charge < -0.3 is 10.2 Å². The Balaban J connectivity index is 2.35. The highest BCUT2D eigenvalue weighted by Crippen LogP contribution is 2.35. The molecule has 0 bridgehead atoms. The first kappa shape index (κ1) is 17.6. The van der Waals surface area contributed by atoms with Crippen LogP contribution in [0.3, 0.4) is 0 Å². The predicted molar refractivity (Wildman–Crippen MR) is 90.5 cm³/mol. The molecular weight excluding hydrogens is 344 g/mol. The fourth-order valence-corrected chi connectivity index (χ4v) is 3.13. The molecule has 7 heteroatoms. The normalized spacial score (nSPS) is 12.3. The largest absolute Gasteiger partial charge is 0.505 e. The lowest BCUT2D eigenvalue weighted by Crippen LogP contribution is -2.15. The van der Waals surface area contributed by atoms with Crippen LogP contribution in [0.2, 0.25) is 0 Å². The zero-order valence-electron chi connectivity index (χ0n) is 14.0. The third kappa shape index (κ3) is 2.71. The van der Waals surface area contributed by atoms with Crippen molar-refractivity contribution in [3.63, 3.8) is 0 Å². The van der Waals surface area contributed by atoms with Gasteiger partial charge in [0.25, 0.3) is 5.91 Å². The molecule has 0 aliphatic carbocycles. The first-order valence-corrected chi connectivity index (χ1v) is 7.79. The van der Waals surface area contributed by atoms with Crippen LogP contribution in [0.25, 0.3) is 10.9 Å². The molecule has 1 atom stereocenters. The van der Waals surface area contributed by atoms with E-state index >= 15 is 0 Å². The number of hydrogen-bond donors (Lipinski definition) is 2. The number of phenols is 1. The van der Waals surface area contributed by atoms with Gasteiger partial charge in [-0.3, -0.25) is 14.2 Å². The maximum absolute atomic E-state index is 13.9. The molecule has 0 saturated carbocycles. The number of aliphatic carboxylic acids is 1.